The van der Waals surface area contributed by atoms with E-state index in [1.165, 1.54) is 12.7 Å². The van der Waals surface area contributed by atoms with Gasteiger partial charge in [-0.3, -0.25) is 4.57 Å². The molecule has 11 heteroatoms. The van der Waals surface area contributed by atoms with Gasteiger partial charge in [-0.05, 0) is 0 Å². The Labute approximate surface area is 119 Å². The fraction of sp³-hybridized carbons (Fsp3) is 0.500. The van der Waals surface area contributed by atoms with Crippen LogP contribution in [0.2, 0.25) is 0 Å². The molecule has 0 aliphatic carbocycles. The maximum absolute atomic E-state index is 10.7. The molecule has 0 fully saturated rings. The second kappa shape index (κ2) is 6.46. The van der Waals surface area contributed by atoms with E-state index in [2.05, 4.69) is 15.0 Å². The lowest BCUT2D eigenvalue weighted by molar-refractivity contribution is 0.0820. The Hall–Kier alpha value is -1.58. The first-order valence-electron chi connectivity index (χ1n) is 6.05. The van der Waals surface area contributed by atoms with Crippen molar-refractivity contribution in [2.75, 3.05) is 25.3 Å². The summed E-state index contributed by atoms with van der Waals surface area (Å²) in [5.74, 6) is -0.0952. The average molecular weight is 317 g/mol. The van der Waals surface area contributed by atoms with Gasteiger partial charge >= 0.3 is 7.60 Å². The molecule has 2 rings (SSSR count). The van der Waals surface area contributed by atoms with Crippen molar-refractivity contribution < 1.29 is 24.2 Å². The Balaban J connectivity index is 2.03. The molecule has 0 aliphatic heterocycles. The summed E-state index contributed by atoms with van der Waals surface area (Å²) in [5.41, 5.74) is 6.66. The van der Waals surface area contributed by atoms with Gasteiger partial charge in [0.25, 0.3) is 0 Å². The van der Waals surface area contributed by atoms with Crippen LogP contribution in [0.4, 0.5) is 5.82 Å². The zero-order chi connectivity index (χ0) is 15.5. The number of hydrogen-bond donors (Lipinski definition) is 4. The molecule has 2 heterocycles. The van der Waals surface area contributed by atoms with Gasteiger partial charge in [0, 0.05) is 19.1 Å². The van der Waals surface area contributed by atoms with E-state index in [0.717, 1.165) is 0 Å². The molecule has 21 heavy (non-hydrogen) atoms. The lowest BCUT2D eigenvalue weighted by Crippen LogP contribution is -2.20. The third-order valence-corrected chi connectivity index (χ3v) is 3.27. The van der Waals surface area contributed by atoms with Gasteiger partial charge in [0.2, 0.25) is 0 Å². The summed E-state index contributed by atoms with van der Waals surface area (Å²) < 4.78 is 17.3. The van der Waals surface area contributed by atoms with Gasteiger partial charge in [-0.2, -0.15) is 0 Å². The largest absolute Gasteiger partial charge is 0.396 e. The van der Waals surface area contributed by atoms with Gasteiger partial charge in [0.05, 0.1) is 12.9 Å². The minimum atomic E-state index is -4.21. The average Bonchev–Trinajstić information content (AvgIpc) is 2.81. The molecule has 2 aromatic heterocycles. The Morgan fingerprint density at radius 2 is 2.14 bits per heavy atom. The molecule has 1 unspecified atom stereocenters. The van der Waals surface area contributed by atoms with Gasteiger partial charge in [-0.25, -0.2) is 15.0 Å². The number of nitrogens with zero attached hydrogens (tertiary/aromatic N) is 4. The summed E-state index contributed by atoms with van der Waals surface area (Å²) in [4.78, 5) is 29.4. The molecule has 0 aliphatic rings. The highest BCUT2D eigenvalue weighted by molar-refractivity contribution is 7.51. The predicted molar refractivity (Wildman–Crippen MR) is 73.2 cm³/mol. The van der Waals surface area contributed by atoms with Crippen LogP contribution in [0.25, 0.3) is 11.2 Å². The highest BCUT2D eigenvalue weighted by Gasteiger charge is 2.17. The third-order valence-electron chi connectivity index (χ3n) is 2.76. The topological polar surface area (TPSA) is 157 Å². The van der Waals surface area contributed by atoms with Crippen molar-refractivity contribution in [3.8, 4) is 0 Å². The van der Waals surface area contributed by atoms with Crippen LogP contribution >= 0.6 is 7.60 Å². The first-order valence-corrected chi connectivity index (χ1v) is 7.85. The minimum absolute atomic E-state index is 0.00183. The van der Waals surface area contributed by atoms with Crippen LogP contribution in [0.3, 0.4) is 0 Å². The molecule has 0 amide bonds. The number of aromatic nitrogens is 4. The smallest absolute Gasteiger partial charge is 0.350 e. The van der Waals surface area contributed by atoms with E-state index in [1.807, 2.05) is 0 Å². The van der Waals surface area contributed by atoms with Crippen molar-refractivity contribution in [3.05, 3.63) is 12.7 Å². The number of anilines is 1. The first-order chi connectivity index (χ1) is 9.90. The normalized spacial score (nSPS) is 13.7. The fourth-order valence-corrected chi connectivity index (χ4v) is 2.16. The van der Waals surface area contributed by atoms with E-state index in [1.54, 1.807) is 4.57 Å². The Morgan fingerprint density at radius 3 is 2.81 bits per heavy atom. The second-order valence-corrected chi connectivity index (χ2v) is 6.13. The molecule has 0 bridgehead atoms. The number of aliphatic hydroxyl groups excluding tert-OH is 1. The molecule has 5 N–H and O–H groups in total. The third kappa shape index (κ3) is 4.19. The van der Waals surface area contributed by atoms with E-state index < -0.39 is 13.9 Å². The van der Waals surface area contributed by atoms with E-state index >= 15 is 0 Å². The highest BCUT2D eigenvalue weighted by atomic mass is 31.2. The van der Waals surface area contributed by atoms with Gasteiger partial charge in [0.15, 0.2) is 11.5 Å². The molecule has 0 aromatic carbocycles. The van der Waals surface area contributed by atoms with Crippen LogP contribution in [-0.4, -0.2) is 54.0 Å². The fourth-order valence-electron chi connectivity index (χ4n) is 1.81. The number of imidazole rings is 1. The SMILES string of the molecule is Nc1ncnc2c1ncn2CC(CO)COCP(=O)(O)O. The molecular weight excluding hydrogens is 301 g/mol. The second-order valence-electron chi connectivity index (χ2n) is 4.54. The van der Waals surface area contributed by atoms with E-state index in [4.69, 9.17) is 20.3 Å². The van der Waals surface area contributed by atoms with Gasteiger partial charge < -0.3 is 29.9 Å². The molecular formula is C10H16N5O5P. The van der Waals surface area contributed by atoms with Crippen LogP contribution in [-0.2, 0) is 15.8 Å². The van der Waals surface area contributed by atoms with E-state index in [0.29, 0.717) is 17.7 Å². The van der Waals surface area contributed by atoms with Crippen LogP contribution in [0.5, 0.6) is 0 Å². The van der Waals surface area contributed by atoms with Gasteiger partial charge in [0.1, 0.15) is 18.2 Å². The number of ether oxygens (including phenoxy) is 1. The Morgan fingerprint density at radius 1 is 1.38 bits per heavy atom. The Kier molecular flexibility index (Phi) is 4.86. The number of fused-ring (bicyclic) bond motifs is 1. The molecule has 0 spiro atoms. The lowest BCUT2D eigenvalue weighted by atomic mass is 10.2. The quantitative estimate of drug-likeness (QED) is 0.478. The van der Waals surface area contributed by atoms with Crippen LogP contribution < -0.4 is 5.73 Å². The lowest BCUT2D eigenvalue weighted by Gasteiger charge is -2.15. The molecule has 0 radical (unpaired) electrons. The molecule has 1 atom stereocenters. The number of hydrogen-bond acceptors (Lipinski definition) is 7. The van der Waals surface area contributed by atoms with Crippen LogP contribution in [0.1, 0.15) is 0 Å². The zero-order valence-electron chi connectivity index (χ0n) is 11.0. The minimum Gasteiger partial charge on any atom is -0.396 e. The zero-order valence-corrected chi connectivity index (χ0v) is 11.9. The molecule has 0 saturated heterocycles. The molecule has 2 aromatic rings. The maximum atomic E-state index is 10.7. The standard InChI is InChI=1S/C10H16N5O5P/c11-9-8-10(13-4-12-9)15(5-14-8)1-7(2-16)3-20-6-21(17,18)19/h4-5,7,16H,1-3,6H2,(H2,11,12,13)(H2,17,18,19). The number of nitrogen functional groups attached to an aromatic ring is 1. The monoisotopic (exact) mass is 317 g/mol. The van der Waals surface area contributed by atoms with Crippen molar-refractivity contribution in [3.63, 3.8) is 0 Å². The number of aliphatic hydroxyl groups is 1. The Bertz CT molecular complexity index is 656. The summed E-state index contributed by atoms with van der Waals surface area (Å²) in [6.07, 6.45) is 2.15. The van der Waals surface area contributed by atoms with Crippen molar-refractivity contribution in [1.82, 2.24) is 19.5 Å². The van der Waals surface area contributed by atoms with Crippen molar-refractivity contribution >= 4 is 24.6 Å². The van der Waals surface area contributed by atoms with Gasteiger partial charge in [-0.1, -0.05) is 0 Å². The number of nitrogens with two attached hydrogens (primary N) is 1. The van der Waals surface area contributed by atoms with Gasteiger partial charge in [-0.15, -0.1) is 0 Å². The predicted octanol–water partition coefficient (Wildman–Crippen LogP) is -0.831. The van der Waals surface area contributed by atoms with Crippen molar-refractivity contribution in [2.24, 2.45) is 5.92 Å². The van der Waals surface area contributed by atoms with Crippen molar-refractivity contribution in [1.29, 1.82) is 0 Å². The highest BCUT2D eigenvalue weighted by Crippen LogP contribution is 2.34. The molecule has 116 valence electrons. The summed E-state index contributed by atoms with van der Waals surface area (Å²) in [6.45, 7) is 0.119. The van der Waals surface area contributed by atoms with E-state index in [9.17, 15) is 9.67 Å². The van der Waals surface area contributed by atoms with E-state index in [-0.39, 0.29) is 24.9 Å². The number of rotatable bonds is 7. The molecule has 10 nitrogen and oxygen atoms in total. The summed E-state index contributed by atoms with van der Waals surface area (Å²) in [7, 11) is -4.21. The van der Waals surface area contributed by atoms with Crippen molar-refractivity contribution in [2.45, 2.75) is 6.54 Å². The van der Waals surface area contributed by atoms with Crippen LogP contribution in [0, 0.1) is 5.92 Å². The summed E-state index contributed by atoms with van der Waals surface area (Å²) in [6, 6.07) is 0. The molecule has 0 saturated carbocycles. The van der Waals surface area contributed by atoms with Crippen LogP contribution in [0.15, 0.2) is 12.7 Å². The summed E-state index contributed by atoms with van der Waals surface area (Å²) >= 11 is 0. The maximum Gasteiger partial charge on any atom is 0.350 e. The first kappa shape index (κ1) is 15.8. The summed E-state index contributed by atoms with van der Waals surface area (Å²) in [5, 5.41) is 9.32.